The van der Waals surface area contributed by atoms with Gasteiger partial charge in [-0.15, -0.1) is 0 Å². The molecule has 0 atom stereocenters. The highest BCUT2D eigenvalue weighted by Crippen LogP contribution is 2.59. The summed E-state index contributed by atoms with van der Waals surface area (Å²) in [6.45, 7) is 3.93. The number of rotatable bonds is 0. The van der Waals surface area contributed by atoms with Gasteiger partial charge in [0.15, 0.2) is 0 Å². The second kappa shape index (κ2) is 1.28. The standard InChI is InChI=1S/C8H12O2/c1-7-2-6(3-7)8(10-7)4-9-5-8/h6H,2-5H2,1H3. The molecule has 0 amide bonds. The van der Waals surface area contributed by atoms with E-state index in [0.29, 0.717) is 0 Å². The second-order valence-corrected chi connectivity index (χ2v) is 4.21. The molecule has 4 fully saturated rings. The minimum atomic E-state index is 0.189. The van der Waals surface area contributed by atoms with Crippen LogP contribution in [0.25, 0.3) is 0 Å². The van der Waals surface area contributed by atoms with Crippen molar-refractivity contribution < 1.29 is 9.47 Å². The predicted molar refractivity (Wildman–Crippen MR) is 35.8 cm³/mol. The van der Waals surface area contributed by atoms with Crippen molar-refractivity contribution in [1.29, 1.82) is 0 Å². The van der Waals surface area contributed by atoms with E-state index in [2.05, 4.69) is 6.92 Å². The lowest BCUT2D eigenvalue weighted by Gasteiger charge is -2.39. The molecular formula is C8H12O2. The summed E-state index contributed by atoms with van der Waals surface area (Å²) in [6, 6.07) is 0. The molecule has 3 saturated heterocycles. The first-order valence-corrected chi connectivity index (χ1v) is 4.00. The average Bonchev–Trinajstić information content (AvgIpc) is 2.12. The molecule has 3 aliphatic heterocycles. The van der Waals surface area contributed by atoms with Gasteiger partial charge in [-0.05, 0) is 25.7 Å². The van der Waals surface area contributed by atoms with Gasteiger partial charge in [0.2, 0.25) is 0 Å². The molecule has 4 rings (SSSR count). The molecule has 2 nitrogen and oxygen atoms in total. The fraction of sp³-hybridized carbons (Fsp3) is 1.00. The summed E-state index contributed by atoms with van der Waals surface area (Å²) < 4.78 is 11.1. The molecule has 0 N–H and O–H groups in total. The van der Waals surface area contributed by atoms with Crippen LogP contribution in [-0.2, 0) is 9.47 Å². The highest BCUT2D eigenvalue weighted by Gasteiger charge is 2.66. The molecule has 1 aliphatic carbocycles. The molecule has 0 radical (unpaired) electrons. The molecule has 0 unspecified atom stereocenters. The van der Waals surface area contributed by atoms with E-state index >= 15 is 0 Å². The van der Waals surface area contributed by atoms with E-state index in [1.54, 1.807) is 0 Å². The van der Waals surface area contributed by atoms with Crippen molar-refractivity contribution in [2.75, 3.05) is 13.2 Å². The molecule has 1 spiro atoms. The zero-order valence-electron chi connectivity index (χ0n) is 6.22. The maximum Gasteiger partial charge on any atom is 0.118 e. The molecule has 0 aromatic rings. The summed E-state index contributed by atoms with van der Waals surface area (Å²) in [5.74, 6) is 0.825. The van der Waals surface area contributed by atoms with Crippen LogP contribution in [0.2, 0.25) is 0 Å². The highest BCUT2D eigenvalue weighted by molar-refractivity contribution is 5.14. The summed E-state index contributed by atoms with van der Waals surface area (Å²) in [6.07, 6.45) is 2.55. The highest BCUT2D eigenvalue weighted by atomic mass is 16.6. The van der Waals surface area contributed by atoms with Gasteiger partial charge in [0, 0.05) is 0 Å². The Morgan fingerprint density at radius 2 is 2.00 bits per heavy atom. The molecule has 4 aliphatic rings. The van der Waals surface area contributed by atoms with Crippen LogP contribution < -0.4 is 0 Å². The van der Waals surface area contributed by atoms with Crippen molar-refractivity contribution in [3.05, 3.63) is 0 Å². The Balaban J connectivity index is 1.92. The molecule has 10 heavy (non-hydrogen) atoms. The predicted octanol–water partition coefficient (Wildman–Crippen LogP) is 0.954. The molecular weight excluding hydrogens is 128 g/mol. The quantitative estimate of drug-likeness (QED) is 0.499. The van der Waals surface area contributed by atoms with Crippen LogP contribution in [-0.4, -0.2) is 24.4 Å². The van der Waals surface area contributed by atoms with Gasteiger partial charge in [-0.3, -0.25) is 0 Å². The Kier molecular flexibility index (Phi) is 0.710. The maximum atomic E-state index is 5.92. The lowest BCUT2D eigenvalue weighted by Crippen LogP contribution is -2.52. The van der Waals surface area contributed by atoms with Gasteiger partial charge < -0.3 is 9.47 Å². The lowest BCUT2D eigenvalue weighted by molar-refractivity contribution is -0.200. The Morgan fingerprint density at radius 3 is 2.20 bits per heavy atom. The van der Waals surface area contributed by atoms with Gasteiger partial charge in [-0.1, -0.05) is 0 Å². The lowest BCUT2D eigenvalue weighted by atomic mass is 9.69. The summed E-state index contributed by atoms with van der Waals surface area (Å²) in [5.41, 5.74) is 0.434. The van der Waals surface area contributed by atoms with E-state index in [1.807, 2.05) is 0 Å². The normalized spacial score (nSPS) is 54.3. The Morgan fingerprint density at radius 1 is 1.30 bits per heavy atom. The average molecular weight is 140 g/mol. The zero-order chi connectivity index (χ0) is 6.82. The minimum Gasteiger partial charge on any atom is -0.375 e. The van der Waals surface area contributed by atoms with E-state index < -0.39 is 0 Å². The molecule has 2 heteroatoms. The SMILES string of the molecule is CC12CC(C1)C1(COC1)O2. The van der Waals surface area contributed by atoms with Crippen LogP contribution >= 0.6 is 0 Å². The second-order valence-electron chi connectivity index (χ2n) is 4.21. The number of hydrogen-bond donors (Lipinski definition) is 0. The first-order valence-electron chi connectivity index (χ1n) is 4.00. The molecule has 56 valence electrons. The molecule has 3 heterocycles. The summed E-state index contributed by atoms with van der Waals surface area (Å²) in [4.78, 5) is 0. The third-order valence-electron chi connectivity index (χ3n) is 3.24. The van der Waals surface area contributed by atoms with Gasteiger partial charge >= 0.3 is 0 Å². The van der Waals surface area contributed by atoms with Crippen molar-refractivity contribution >= 4 is 0 Å². The Hall–Kier alpha value is -0.0800. The number of hydrogen-bond acceptors (Lipinski definition) is 2. The Bertz CT molecular complexity index is 178. The third kappa shape index (κ3) is 0.424. The molecule has 0 aromatic carbocycles. The van der Waals surface area contributed by atoms with Crippen molar-refractivity contribution in [3.8, 4) is 0 Å². The molecule has 1 saturated carbocycles. The van der Waals surface area contributed by atoms with Crippen molar-refractivity contribution in [2.24, 2.45) is 5.92 Å². The van der Waals surface area contributed by atoms with Crippen LogP contribution in [0.5, 0.6) is 0 Å². The maximum absolute atomic E-state index is 5.92. The first kappa shape index (κ1) is 5.56. The number of ether oxygens (including phenoxy) is 2. The van der Waals surface area contributed by atoms with Crippen molar-refractivity contribution in [3.63, 3.8) is 0 Å². The van der Waals surface area contributed by atoms with E-state index in [1.165, 1.54) is 12.8 Å². The van der Waals surface area contributed by atoms with Gasteiger partial charge in [0.25, 0.3) is 0 Å². The smallest absolute Gasteiger partial charge is 0.118 e. The van der Waals surface area contributed by atoms with E-state index in [-0.39, 0.29) is 11.2 Å². The zero-order valence-corrected chi connectivity index (χ0v) is 6.22. The Labute approximate surface area is 60.5 Å². The van der Waals surface area contributed by atoms with E-state index in [9.17, 15) is 0 Å². The topological polar surface area (TPSA) is 18.5 Å². The van der Waals surface area contributed by atoms with Crippen LogP contribution in [0, 0.1) is 5.92 Å². The fourth-order valence-electron chi connectivity index (χ4n) is 2.61. The van der Waals surface area contributed by atoms with Gasteiger partial charge in [-0.2, -0.15) is 0 Å². The van der Waals surface area contributed by atoms with Crippen molar-refractivity contribution in [2.45, 2.75) is 31.0 Å². The molecule has 0 aromatic heterocycles. The van der Waals surface area contributed by atoms with E-state index in [4.69, 9.17) is 9.47 Å². The monoisotopic (exact) mass is 140 g/mol. The minimum absolute atomic E-state index is 0.189. The van der Waals surface area contributed by atoms with Crippen LogP contribution in [0.3, 0.4) is 0 Å². The van der Waals surface area contributed by atoms with Crippen LogP contribution in [0.1, 0.15) is 19.8 Å². The van der Waals surface area contributed by atoms with Crippen molar-refractivity contribution in [1.82, 2.24) is 0 Å². The first-order chi connectivity index (χ1) is 4.73. The van der Waals surface area contributed by atoms with Gasteiger partial charge in [0.1, 0.15) is 5.60 Å². The van der Waals surface area contributed by atoms with Crippen LogP contribution in [0.4, 0.5) is 0 Å². The third-order valence-corrected chi connectivity index (χ3v) is 3.24. The fourth-order valence-corrected chi connectivity index (χ4v) is 2.61. The van der Waals surface area contributed by atoms with Gasteiger partial charge in [-0.25, -0.2) is 0 Å². The summed E-state index contributed by atoms with van der Waals surface area (Å²) >= 11 is 0. The largest absolute Gasteiger partial charge is 0.375 e. The van der Waals surface area contributed by atoms with E-state index in [0.717, 1.165) is 19.1 Å². The summed E-state index contributed by atoms with van der Waals surface area (Å²) in [7, 11) is 0. The molecule has 2 bridgehead atoms. The van der Waals surface area contributed by atoms with Gasteiger partial charge in [0.05, 0.1) is 18.8 Å². The summed E-state index contributed by atoms with van der Waals surface area (Å²) in [5, 5.41) is 0. The van der Waals surface area contributed by atoms with Crippen LogP contribution in [0.15, 0.2) is 0 Å².